The van der Waals surface area contributed by atoms with E-state index in [4.69, 9.17) is 4.74 Å². The number of rotatable bonds is 6. The van der Waals surface area contributed by atoms with E-state index in [2.05, 4.69) is 45.9 Å². The van der Waals surface area contributed by atoms with Crippen molar-refractivity contribution in [2.45, 2.75) is 37.8 Å². The van der Waals surface area contributed by atoms with Crippen LogP contribution in [0.3, 0.4) is 0 Å². The maximum absolute atomic E-state index is 12.2. The van der Waals surface area contributed by atoms with Gasteiger partial charge in [-0.05, 0) is 24.8 Å². The highest BCUT2D eigenvalue weighted by atomic mass is 35.5. The Morgan fingerprint density at radius 3 is 2.58 bits per heavy atom. The van der Waals surface area contributed by atoms with Crippen molar-refractivity contribution in [2.75, 3.05) is 39.4 Å². The minimum atomic E-state index is 0. The molecule has 1 atom stereocenters. The zero-order chi connectivity index (χ0) is 16.6. The maximum atomic E-state index is 12.2. The number of amides is 1. The Labute approximate surface area is 169 Å². The quantitative estimate of drug-likeness (QED) is 0.762. The van der Waals surface area contributed by atoms with Crippen LogP contribution in [0, 0.1) is 0 Å². The van der Waals surface area contributed by atoms with Gasteiger partial charge in [0.15, 0.2) is 0 Å². The first-order chi connectivity index (χ1) is 11.8. The summed E-state index contributed by atoms with van der Waals surface area (Å²) in [5, 5.41) is 6.53. The van der Waals surface area contributed by atoms with E-state index in [1.54, 1.807) is 0 Å². The number of halogens is 2. The van der Waals surface area contributed by atoms with Gasteiger partial charge in [-0.3, -0.25) is 4.79 Å². The molecule has 1 aromatic carbocycles. The summed E-state index contributed by atoms with van der Waals surface area (Å²) >= 11 is 0. The summed E-state index contributed by atoms with van der Waals surface area (Å²) in [4.78, 5) is 14.7. The van der Waals surface area contributed by atoms with Crippen LogP contribution >= 0.6 is 24.8 Å². The van der Waals surface area contributed by atoms with Crippen LogP contribution in [0.25, 0.3) is 0 Å². The molecule has 5 nitrogen and oxygen atoms in total. The number of nitrogens with zero attached hydrogens (tertiary/aromatic N) is 1. The molecule has 26 heavy (non-hydrogen) atoms. The normalized spacial score (nSPS) is 21.3. The van der Waals surface area contributed by atoms with Gasteiger partial charge in [-0.1, -0.05) is 30.3 Å². The lowest BCUT2D eigenvalue weighted by Gasteiger charge is -2.33. The first-order valence-corrected chi connectivity index (χ1v) is 9.16. The molecule has 0 spiro atoms. The highest BCUT2D eigenvalue weighted by Crippen LogP contribution is 2.12. The number of nitrogens with one attached hydrogen (secondary N) is 2. The number of hydrogen-bond donors (Lipinski definition) is 2. The second-order valence-electron chi connectivity index (χ2n) is 6.85. The first-order valence-electron chi connectivity index (χ1n) is 9.16. The third-order valence-electron chi connectivity index (χ3n) is 4.94. The van der Waals surface area contributed by atoms with Gasteiger partial charge in [0.05, 0.1) is 13.2 Å². The lowest BCUT2D eigenvalue weighted by Crippen LogP contribution is -2.48. The largest absolute Gasteiger partial charge is 0.378 e. The van der Waals surface area contributed by atoms with E-state index in [1.807, 2.05) is 0 Å². The third-order valence-corrected chi connectivity index (χ3v) is 4.94. The van der Waals surface area contributed by atoms with E-state index in [0.29, 0.717) is 19.1 Å². The summed E-state index contributed by atoms with van der Waals surface area (Å²) in [7, 11) is 0. The van der Waals surface area contributed by atoms with Crippen LogP contribution in [0.1, 0.15) is 24.8 Å². The summed E-state index contributed by atoms with van der Waals surface area (Å²) in [5.74, 6) is 0.153. The SMILES string of the molecule is Cl.Cl.O=C(CC1COCCN1)NC1CCN(CCc2ccccc2)CC1. The molecule has 1 unspecified atom stereocenters. The average molecular weight is 404 g/mol. The fraction of sp³-hybridized carbons (Fsp3) is 0.632. The maximum Gasteiger partial charge on any atom is 0.221 e. The number of carbonyl (C=O) groups excluding carboxylic acids is 1. The van der Waals surface area contributed by atoms with E-state index in [9.17, 15) is 4.79 Å². The Morgan fingerprint density at radius 1 is 1.19 bits per heavy atom. The Hall–Kier alpha value is -0.850. The molecule has 0 saturated carbocycles. The molecule has 2 aliphatic heterocycles. The number of benzene rings is 1. The van der Waals surface area contributed by atoms with Crippen molar-refractivity contribution in [3.05, 3.63) is 35.9 Å². The molecule has 3 rings (SSSR count). The Balaban J connectivity index is 0.00000169. The molecule has 1 aromatic rings. The monoisotopic (exact) mass is 403 g/mol. The van der Waals surface area contributed by atoms with E-state index in [-0.39, 0.29) is 36.8 Å². The predicted octanol–water partition coefficient (Wildman–Crippen LogP) is 2.03. The summed E-state index contributed by atoms with van der Waals surface area (Å²) in [6.45, 7) is 5.49. The molecule has 1 amide bonds. The van der Waals surface area contributed by atoms with Crippen LogP contribution in [-0.4, -0.2) is 62.3 Å². The van der Waals surface area contributed by atoms with Crippen molar-refractivity contribution < 1.29 is 9.53 Å². The van der Waals surface area contributed by atoms with Crippen molar-refractivity contribution in [1.29, 1.82) is 0 Å². The molecule has 2 heterocycles. The molecule has 0 aromatic heterocycles. The number of piperidine rings is 1. The highest BCUT2D eigenvalue weighted by molar-refractivity contribution is 5.85. The van der Waals surface area contributed by atoms with Crippen molar-refractivity contribution in [1.82, 2.24) is 15.5 Å². The molecule has 7 heteroatoms. The molecule has 2 fully saturated rings. The molecule has 148 valence electrons. The minimum absolute atomic E-state index is 0. The van der Waals surface area contributed by atoms with Gasteiger partial charge in [0.25, 0.3) is 0 Å². The van der Waals surface area contributed by atoms with E-state index in [0.717, 1.165) is 52.0 Å². The first kappa shape index (κ1) is 23.2. The number of hydrogen-bond acceptors (Lipinski definition) is 4. The van der Waals surface area contributed by atoms with Gasteiger partial charge in [0.2, 0.25) is 5.91 Å². The summed E-state index contributed by atoms with van der Waals surface area (Å²) in [6, 6.07) is 11.1. The zero-order valence-electron chi connectivity index (χ0n) is 15.2. The number of morpholine rings is 1. The van der Waals surface area contributed by atoms with Crippen LogP contribution in [0.15, 0.2) is 30.3 Å². The Morgan fingerprint density at radius 2 is 1.92 bits per heavy atom. The smallest absolute Gasteiger partial charge is 0.221 e. The van der Waals surface area contributed by atoms with Crippen LogP contribution in [0.4, 0.5) is 0 Å². The predicted molar refractivity (Wildman–Crippen MR) is 109 cm³/mol. The summed E-state index contributed by atoms with van der Waals surface area (Å²) < 4.78 is 5.40. The number of ether oxygens (including phenoxy) is 1. The molecule has 0 aliphatic carbocycles. The molecular formula is C19H31Cl2N3O2. The minimum Gasteiger partial charge on any atom is -0.378 e. The van der Waals surface area contributed by atoms with Crippen molar-refractivity contribution in [2.24, 2.45) is 0 Å². The summed E-state index contributed by atoms with van der Waals surface area (Å²) in [6.07, 6.45) is 3.73. The second-order valence-corrected chi connectivity index (χ2v) is 6.85. The molecular weight excluding hydrogens is 373 g/mol. The van der Waals surface area contributed by atoms with Gasteiger partial charge in [-0.25, -0.2) is 0 Å². The Bertz CT molecular complexity index is 505. The average Bonchev–Trinajstić information content (AvgIpc) is 2.63. The fourth-order valence-corrected chi connectivity index (χ4v) is 3.49. The highest BCUT2D eigenvalue weighted by Gasteiger charge is 2.22. The van der Waals surface area contributed by atoms with Crippen LogP contribution in [0.5, 0.6) is 0 Å². The van der Waals surface area contributed by atoms with E-state index in [1.165, 1.54) is 5.56 Å². The lowest BCUT2D eigenvalue weighted by molar-refractivity contribution is -0.123. The van der Waals surface area contributed by atoms with Crippen LogP contribution in [-0.2, 0) is 16.0 Å². The molecule has 0 bridgehead atoms. The van der Waals surface area contributed by atoms with Crippen molar-refractivity contribution in [3.8, 4) is 0 Å². The number of likely N-dealkylation sites (tertiary alicyclic amines) is 1. The topological polar surface area (TPSA) is 53.6 Å². The van der Waals surface area contributed by atoms with Gasteiger partial charge in [-0.15, -0.1) is 24.8 Å². The van der Waals surface area contributed by atoms with Gasteiger partial charge in [-0.2, -0.15) is 0 Å². The molecule has 2 aliphatic rings. The Kier molecular flexibility index (Phi) is 11.2. The third kappa shape index (κ3) is 7.80. The summed E-state index contributed by atoms with van der Waals surface area (Å²) in [5.41, 5.74) is 1.40. The molecule has 2 N–H and O–H groups in total. The van der Waals surface area contributed by atoms with Crippen molar-refractivity contribution in [3.63, 3.8) is 0 Å². The molecule has 0 radical (unpaired) electrons. The van der Waals surface area contributed by atoms with Crippen molar-refractivity contribution >= 4 is 30.7 Å². The fourth-order valence-electron chi connectivity index (χ4n) is 3.49. The van der Waals surface area contributed by atoms with Gasteiger partial charge < -0.3 is 20.3 Å². The van der Waals surface area contributed by atoms with Crippen LogP contribution in [0.2, 0.25) is 0 Å². The number of carbonyl (C=O) groups is 1. The van der Waals surface area contributed by atoms with E-state index < -0.39 is 0 Å². The second kappa shape index (κ2) is 12.5. The standard InChI is InChI=1S/C19H29N3O2.2ClH/c23-19(14-18-15-24-13-9-20-18)21-17-7-11-22(12-8-17)10-6-16-4-2-1-3-5-16;;/h1-5,17-18,20H,6-15H2,(H,21,23);2*1H. The lowest BCUT2D eigenvalue weighted by atomic mass is 10.0. The van der Waals surface area contributed by atoms with Gasteiger partial charge >= 0.3 is 0 Å². The van der Waals surface area contributed by atoms with Gasteiger partial charge in [0.1, 0.15) is 0 Å². The molecule has 2 saturated heterocycles. The van der Waals surface area contributed by atoms with Crippen LogP contribution < -0.4 is 10.6 Å². The van der Waals surface area contributed by atoms with E-state index >= 15 is 0 Å². The van der Waals surface area contributed by atoms with Gasteiger partial charge in [0, 0.05) is 44.7 Å². The zero-order valence-corrected chi connectivity index (χ0v) is 16.8.